The first-order valence-corrected chi connectivity index (χ1v) is 9.00. The van der Waals surface area contributed by atoms with Crippen molar-refractivity contribution in [3.05, 3.63) is 34.9 Å². The molecule has 1 aliphatic rings. The van der Waals surface area contributed by atoms with Crippen molar-refractivity contribution in [2.45, 2.75) is 38.8 Å². The molecule has 0 unspecified atom stereocenters. The van der Waals surface area contributed by atoms with Crippen LogP contribution in [0.3, 0.4) is 0 Å². The van der Waals surface area contributed by atoms with Crippen molar-refractivity contribution in [3.63, 3.8) is 0 Å². The van der Waals surface area contributed by atoms with Crippen LogP contribution in [0.5, 0.6) is 0 Å². The molecule has 1 aromatic carbocycles. The van der Waals surface area contributed by atoms with Gasteiger partial charge in [-0.05, 0) is 24.5 Å². The van der Waals surface area contributed by atoms with Gasteiger partial charge in [-0.15, -0.1) is 0 Å². The van der Waals surface area contributed by atoms with Gasteiger partial charge in [-0.1, -0.05) is 43.6 Å². The fourth-order valence-corrected chi connectivity index (χ4v) is 2.96. The summed E-state index contributed by atoms with van der Waals surface area (Å²) >= 11 is 5.99. The minimum absolute atomic E-state index is 0.193. The molecule has 1 aromatic rings. The van der Waals surface area contributed by atoms with Crippen molar-refractivity contribution in [2.24, 2.45) is 0 Å². The third-order valence-electron chi connectivity index (χ3n) is 4.54. The normalized spacial score (nSPS) is 15.4. The lowest BCUT2D eigenvalue weighted by atomic mass is 9.93. The van der Waals surface area contributed by atoms with E-state index < -0.39 is 42.5 Å². The number of benzene rings is 1. The van der Waals surface area contributed by atoms with E-state index >= 15 is 0 Å². The van der Waals surface area contributed by atoms with Crippen LogP contribution in [-0.4, -0.2) is 47.4 Å². The molecule has 1 fully saturated rings. The molecule has 2 rings (SSSR count). The number of imide groups is 1. The zero-order valence-electron chi connectivity index (χ0n) is 15.2. The number of hydrogen-bond donors (Lipinski definition) is 2. The van der Waals surface area contributed by atoms with E-state index in [4.69, 9.17) is 16.3 Å². The third kappa shape index (κ3) is 4.77. The molecule has 0 radical (unpaired) electrons. The van der Waals surface area contributed by atoms with Gasteiger partial charge < -0.3 is 15.4 Å². The molecule has 0 bridgehead atoms. The second-order valence-corrected chi connectivity index (χ2v) is 6.55. The number of hydrogen-bond acceptors (Lipinski definition) is 5. The molecule has 1 saturated heterocycles. The van der Waals surface area contributed by atoms with Gasteiger partial charge in [0, 0.05) is 11.6 Å². The highest BCUT2D eigenvalue weighted by molar-refractivity contribution is 6.31. The Labute approximate surface area is 162 Å². The molecule has 4 amide bonds. The van der Waals surface area contributed by atoms with E-state index in [1.165, 1.54) is 0 Å². The topological polar surface area (TPSA) is 105 Å². The van der Waals surface area contributed by atoms with Crippen LogP contribution in [0.25, 0.3) is 0 Å². The molecule has 8 nitrogen and oxygen atoms in total. The maximum absolute atomic E-state index is 12.4. The maximum atomic E-state index is 12.4. The minimum Gasteiger partial charge on any atom is -0.454 e. The van der Waals surface area contributed by atoms with Crippen molar-refractivity contribution in [3.8, 4) is 0 Å². The molecule has 9 heteroatoms. The smallest absolute Gasteiger partial charge is 0.326 e. The van der Waals surface area contributed by atoms with Crippen molar-refractivity contribution < 1.29 is 23.9 Å². The molecule has 27 heavy (non-hydrogen) atoms. The summed E-state index contributed by atoms with van der Waals surface area (Å²) in [5.41, 5.74) is -0.252. The van der Waals surface area contributed by atoms with Gasteiger partial charge in [0.05, 0.1) is 0 Å². The monoisotopic (exact) mass is 395 g/mol. The summed E-state index contributed by atoms with van der Waals surface area (Å²) in [7, 11) is 0. The number of nitrogens with one attached hydrogen (secondary N) is 2. The molecule has 146 valence electrons. The van der Waals surface area contributed by atoms with Gasteiger partial charge in [0.25, 0.3) is 11.8 Å². The Morgan fingerprint density at radius 1 is 1.22 bits per heavy atom. The van der Waals surface area contributed by atoms with Gasteiger partial charge >= 0.3 is 12.0 Å². The average molecular weight is 396 g/mol. The molecule has 1 aliphatic heterocycles. The summed E-state index contributed by atoms with van der Waals surface area (Å²) in [6.07, 6.45) is 0.841. The highest BCUT2D eigenvalue weighted by Gasteiger charge is 2.49. The van der Waals surface area contributed by atoms with Gasteiger partial charge in [0.15, 0.2) is 6.61 Å². The highest BCUT2D eigenvalue weighted by Crippen LogP contribution is 2.24. The molecule has 0 saturated carbocycles. The largest absolute Gasteiger partial charge is 0.454 e. The average Bonchev–Trinajstić information content (AvgIpc) is 2.90. The predicted molar refractivity (Wildman–Crippen MR) is 97.8 cm³/mol. The maximum Gasteiger partial charge on any atom is 0.326 e. The number of halogens is 1. The second kappa shape index (κ2) is 8.85. The molecule has 2 N–H and O–H groups in total. The van der Waals surface area contributed by atoms with Crippen molar-refractivity contribution in [1.29, 1.82) is 0 Å². The highest BCUT2D eigenvalue weighted by atomic mass is 35.5. The zero-order chi connectivity index (χ0) is 20.0. The number of rotatable bonds is 8. The van der Waals surface area contributed by atoms with Crippen LogP contribution in [-0.2, 0) is 25.7 Å². The Balaban J connectivity index is 1.80. The molecule has 1 heterocycles. The summed E-state index contributed by atoms with van der Waals surface area (Å²) in [5, 5.41) is 5.71. The summed E-state index contributed by atoms with van der Waals surface area (Å²) in [6.45, 7) is 2.71. The zero-order valence-corrected chi connectivity index (χ0v) is 16.0. The van der Waals surface area contributed by atoms with Gasteiger partial charge in [-0.3, -0.25) is 19.3 Å². The van der Waals surface area contributed by atoms with E-state index in [-0.39, 0.29) is 6.54 Å². The van der Waals surface area contributed by atoms with Crippen LogP contribution >= 0.6 is 11.6 Å². The first kappa shape index (κ1) is 20.7. The fraction of sp³-hybridized carbons (Fsp3) is 0.444. The number of nitrogens with zero attached hydrogens (tertiary/aromatic N) is 1. The van der Waals surface area contributed by atoms with Crippen LogP contribution in [0, 0.1) is 0 Å². The van der Waals surface area contributed by atoms with Gasteiger partial charge in [0.1, 0.15) is 12.1 Å². The van der Waals surface area contributed by atoms with E-state index in [9.17, 15) is 19.2 Å². The first-order valence-electron chi connectivity index (χ1n) is 8.62. The number of carbonyl (C=O) groups excluding carboxylic acids is 4. The molecular weight excluding hydrogens is 374 g/mol. The van der Waals surface area contributed by atoms with Crippen molar-refractivity contribution in [2.75, 3.05) is 13.2 Å². The molecular formula is C18H22ClN3O5. The van der Waals surface area contributed by atoms with E-state index in [1.54, 1.807) is 38.1 Å². The summed E-state index contributed by atoms with van der Waals surface area (Å²) in [5.74, 6) is -1.82. The molecule has 0 aromatic heterocycles. The Bertz CT molecular complexity index is 748. The number of carbonyl (C=O) groups is 4. The van der Waals surface area contributed by atoms with Crippen molar-refractivity contribution in [1.82, 2.24) is 15.5 Å². The van der Waals surface area contributed by atoms with Crippen LogP contribution in [0.1, 0.15) is 32.3 Å². The summed E-state index contributed by atoms with van der Waals surface area (Å²) in [6, 6.07) is 6.40. The van der Waals surface area contributed by atoms with E-state index in [0.717, 1.165) is 10.5 Å². The lowest BCUT2D eigenvalue weighted by Crippen LogP contribution is -2.46. The standard InChI is InChI=1S/C18H22ClN3O5/c1-3-18(4-2)16(25)22(17(26)21-18)10-15(24)27-11-14(23)20-9-12-7-5-6-8-13(12)19/h5-8H,3-4,9-11H2,1-2H3,(H,20,23)(H,21,26). The number of amides is 4. The summed E-state index contributed by atoms with van der Waals surface area (Å²) in [4.78, 5) is 48.9. The first-order chi connectivity index (χ1) is 12.8. The number of ether oxygens (including phenoxy) is 1. The summed E-state index contributed by atoms with van der Waals surface area (Å²) < 4.78 is 4.86. The van der Waals surface area contributed by atoms with E-state index in [1.807, 2.05) is 0 Å². The lowest BCUT2D eigenvalue weighted by molar-refractivity contribution is -0.151. The minimum atomic E-state index is -0.982. The fourth-order valence-electron chi connectivity index (χ4n) is 2.76. The Morgan fingerprint density at radius 3 is 2.48 bits per heavy atom. The van der Waals surface area contributed by atoms with Gasteiger partial charge in [-0.2, -0.15) is 0 Å². The van der Waals surface area contributed by atoms with Crippen molar-refractivity contribution >= 4 is 35.4 Å². The van der Waals surface area contributed by atoms with Gasteiger partial charge in [0.2, 0.25) is 0 Å². The number of urea groups is 1. The quantitative estimate of drug-likeness (QED) is 0.514. The molecule has 0 atom stereocenters. The SMILES string of the molecule is CCC1(CC)NC(=O)N(CC(=O)OCC(=O)NCc2ccccc2Cl)C1=O. The predicted octanol–water partition coefficient (Wildman–Crippen LogP) is 1.61. The molecule has 0 spiro atoms. The lowest BCUT2D eigenvalue weighted by Gasteiger charge is -2.22. The Kier molecular flexibility index (Phi) is 6.79. The third-order valence-corrected chi connectivity index (χ3v) is 4.91. The van der Waals surface area contributed by atoms with E-state index in [2.05, 4.69) is 10.6 Å². The molecule has 0 aliphatic carbocycles. The van der Waals surface area contributed by atoms with Crippen LogP contribution in [0.15, 0.2) is 24.3 Å². The van der Waals surface area contributed by atoms with Crippen LogP contribution in [0.2, 0.25) is 5.02 Å². The van der Waals surface area contributed by atoms with E-state index in [0.29, 0.717) is 17.9 Å². The Hall–Kier alpha value is -2.61. The van der Waals surface area contributed by atoms with Gasteiger partial charge in [-0.25, -0.2) is 4.79 Å². The van der Waals surface area contributed by atoms with Crippen LogP contribution in [0.4, 0.5) is 4.79 Å². The van der Waals surface area contributed by atoms with Crippen LogP contribution < -0.4 is 10.6 Å². The number of esters is 1. The Morgan fingerprint density at radius 2 is 1.89 bits per heavy atom. The second-order valence-electron chi connectivity index (χ2n) is 6.14.